The Bertz CT molecular complexity index is 773. The van der Waals surface area contributed by atoms with Crippen LogP contribution in [0.5, 0.6) is 0 Å². The number of aryl methyl sites for hydroxylation is 1. The summed E-state index contributed by atoms with van der Waals surface area (Å²) >= 11 is 1.47. The predicted molar refractivity (Wildman–Crippen MR) is 99.3 cm³/mol. The van der Waals surface area contributed by atoms with Gasteiger partial charge in [-0.15, -0.1) is 0 Å². The summed E-state index contributed by atoms with van der Waals surface area (Å²) < 4.78 is 1.85. The van der Waals surface area contributed by atoms with E-state index >= 15 is 0 Å². The molecular formula is C18H22N4O2S. The lowest BCUT2D eigenvalue weighted by molar-refractivity contribution is -0.123. The maximum absolute atomic E-state index is 12.4. The van der Waals surface area contributed by atoms with E-state index in [0.717, 1.165) is 34.9 Å². The number of unbranched alkanes of at least 4 members (excludes halogenated alkanes) is 1. The van der Waals surface area contributed by atoms with Crippen LogP contribution < -0.4 is 10.2 Å². The molecule has 25 heavy (non-hydrogen) atoms. The molecule has 1 N–H and O–H groups in total. The predicted octanol–water partition coefficient (Wildman–Crippen LogP) is 2.54. The summed E-state index contributed by atoms with van der Waals surface area (Å²) in [6.07, 6.45) is 1.96. The number of hydrogen-bond acceptors (Lipinski definition) is 4. The van der Waals surface area contributed by atoms with E-state index in [1.54, 1.807) is 4.90 Å². The first kappa shape index (κ1) is 17.5. The third kappa shape index (κ3) is 3.71. The second-order valence-corrected chi connectivity index (χ2v) is 6.92. The van der Waals surface area contributed by atoms with Crippen molar-refractivity contribution in [2.45, 2.75) is 31.7 Å². The molecule has 0 fully saturated rings. The molecule has 2 heterocycles. The van der Waals surface area contributed by atoms with Crippen molar-refractivity contribution in [1.29, 1.82) is 0 Å². The van der Waals surface area contributed by atoms with Gasteiger partial charge in [-0.05, 0) is 25.5 Å². The minimum absolute atomic E-state index is 0.0391. The summed E-state index contributed by atoms with van der Waals surface area (Å²) in [7, 11) is 0. The molecule has 3 rings (SSSR count). The van der Waals surface area contributed by atoms with Crippen LogP contribution in [0.4, 0.5) is 5.69 Å². The molecule has 1 aromatic carbocycles. The Kier molecular flexibility index (Phi) is 5.43. The van der Waals surface area contributed by atoms with Crippen LogP contribution in [0.15, 0.2) is 35.4 Å². The van der Waals surface area contributed by atoms with Crippen molar-refractivity contribution >= 4 is 29.3 Å². The normalized spacial score (nSPS) is 13.7. The summed E-state index contributed by atoms with van der Waals surface area (Å²) in [5.74, 6) is 0.123. The van der Waals surface area contributed by atoms with Gasteiger partial charge in [-0.25, -0.2) is 4.68 Å². The number of amides is 2. The zero-order valence-corrected chi connectivity index (χ0v) is 15.3. The Balaban J connectivity index is 1.87. The van der Waals surface area contributed by atoms with Crippen LogP contribution in [0.2, 0.25) is 0 Å². The van der Waals surface area contributed by atoms with E-state index in [9.17, 15) is 9.59 Å². The highest BCUT2D eigenvalue weighted by atomic mass is 32.2. The molecule has 0 saturated carbocycles. The van der Waals surface area contributed by atoms with E-state index in [-0.39, 0.29) is 18.4 Å². The molecule has 0 bridgehead atoms. The number of nitrogens with zero attached hydrogens (tertiary/aromatic N) is 3. The second kappa shape index (κ2) is 7.74. The minimum atomic E-state index is -0.133. The van der Waals surface area contributed by atoms with Crippen molar-refractivity contribution in [2.75, 3.05) is 23.7 Å². The number of nitrogens with one attached hydrogen (secondary N) is 1. The van der Waals surface area contributed by atoms with E-state index in [2.05, 4.69) is 17.3 Å². The van der Waals surface area contributed by atoms with E-state index in [0.29, 0.717) is 12.3 Å². The van der Waals surface area contributed by atoms with Gasteiger partial charge in [-0.2, -0.15) is 5.10 Å². The van der Waals surface area contributed by atoms with Crippen molar-refractivity contribution in [2.24, 2.45) is 0 Å². The number of rotatable bonds is 6. The van der Waals surface area contributed by atoms with Gasteiger partial charge in [0.05, 0.1) is 22.8 Å². The topological polar surface area (TPSA) is 67.2 Å². The molecule has 0 unspecified atom stereocenters. The van der Waals surface area contributed by atoms with Crippen LogP contribution >= 0.6 is 11.8 Å². The molecule has 0 saturated heterocycles. The molecule has 1 aliphatic rings. The van der Waals surface area contributed by atoms with Crippen molar-refractivity contribution in [3.63, 3.8) is 0 Å². The number of anilines is 1. The lowest BCUT2D eigenvalue weighted by Gasteiger charge is -2.26. The molecule has 132 valence electrons. The number of carbonyl (C=O) groups excluding carboxylic acids is 2. The Morgan fingerprint density at radius 1 is 1.32 bits per heavy atom. The average molecular weight is 358 g/mol. The summed E-state index contributed by atoms with van der Waals surface area (Å²) in [5, 5.41) is 8.38. The number of hydrogen-bond donors (Lipinski definition) is 1. The van der Waals surface area contributed by atoms with Gasteiger partial charge >= 0.3 is 0 Å². The summed E-state index contributed by atoms with van der Waals surface area (Å²) in [5.41, 5.74) is 2.44. The van der Waals surface area contributed by atoms with Crippen molar-refractivity contribution < 1.29 is 9.59 Å². The monoisotopic (exact) mass is 358 g/mol. The third-order valence-electron chi connectivity index (χ3n) is 4.05. The van der Waals surface area contributed by atoms with E-state index in [1.807, 2.05) is 41.9 Å². The SMILES string of the molecule is CCCCNC(=O)CN1C(=O)CSc2c1c(C)nn2-c1ccccc1. The van der Waals surface area contributed by atoms with Gasteiger partial charge in [0.1, 0.15) is 11.6 Å². The summed E-state index contributed by atoms with van der Waals surface area (Å²) in [6.45, 7) is 4.63. The van der Waals surface area contributed by atoms with Crippen molar-refractivity contribution in [3.05, 3.63) is 36.0 Å². The first-order valence-electron chi connectivity index (χ1n) is 8.46. The fourth-order valence-electron chi connectivity index (χ4n) is 2.79. The molecule has 0 aliphatic carbocycles. The maximum Gasteiger partial charge on any atom is 0.240 e. The highest BCUT2D eigenvalue weighted by Crippen LogP contribution is 2.39. The highest BCUT2D eigenvalue weighted by Gasteiger charge is 2.32. The highest BCUT2D eigenvalue weighted by molar-refractivity contribution is 8.00. The van der Waals surface area contributed by atoms with Crippen molar-refractivity contribution in [3.8, 4) is 5.69 Å². The number of aromatic nitrogens is 2. The first-order valence-corrected chi connectivity index (χ1v) is 9.45. The quantitative estimate of drug-likeness (QED) is 0.806. The Morgan fingerprint density at radius 3 is 2.80 bits per heavy atom. The number of fused-ring (bicyclic) bond motifs is 1. The molecule has 2 amide bonds. The lowest BCUT2D eigenvalue weighted by atomic mass is 10.3. The molecular weight excluding hydrogens is 336 g/mol. The molecule has 0 atom stereocenters. The number of benzene rings is 1. The van der Waals surface area contributed by atoms with Gasteiger partial charge in [-0.1, -0.05) is 43.3 Å². The molecule has 2 aromatic rings. The zero-order chi connectivity index (χ0) is 17.8. The smallest absolute Gasteiger partial charge is 0.240 e. The average Bonchev–Trinajstić information content (AvgIpc) is 2.95. The Labute approximate surface area is 151 Å². The third-order valence-corrected chi connectivity index (χ3v) is 5.08. The van der Waals surface area contributed by atoms with Gasteiger partial charge < -0.3 is 5.32 Å². The fraction of sp³-hybridized carbons (Fsp3) is 0.389. The molecule has 7 heteroatoms. The molecule has 1 aliphatic heterocycles. The van der Waals surface area contributed by atoms with E-state index in [4.69, 9.17) is 0 Å². The van der Waals surface area contributed by atoms with Gasteiger partial charge in [0.2, 0.25) is 11.8 Å². The number of carbonyl (C=O) groups is 2. The largest absolute Gasteiger partial charge is 0.355 e. The van der Waals surface area contributed by atoms with E-state index in [1.165, 1.54) is 11.8 Å². The van der Waals surface area contributed by atoms with Crippen LogP contribution in [0.25, 0.3) is 5.69 Å². The number of para-hydroxylation sites is 1. The van der Waals surface area contributed by atoms with Crippen LogP contribution in [0.3, 0.4) is 0 Å². The summed E-state index contributed by atoms with van der Waals surface area (Å²) in [4.78, 5) is 26.2. The minimum Gasteiger partial charge on any atom is -0.355 e. The van der Waals surface area contributed by atoms with Gasteiger partial charge in [0.25, 0.3) is 0 Å². The van der Waals surface area contributed by atoms with Crippen LogP contribution in [-0.4, -0.2) is 40.4 Å². The maximum atomic E-state index is 12.4. The standard InChI is InChI=1S/C18H22N4O2S/c1-3-4-10-19-15(23)11-21-16(24)12-25-18-17(21)13(2)20-22(18)14-8-6-5-7-9-14/h5-9H,3-4,10-12H2,1-2H3,(H,19,23). The fourth-order valence-corrected chi connectivity index (χ4v) is 3.87. The number of thioether (sulfide) groups is 1. The molecule has 6 nitrogen and oxygen atoms in total. The zero-order valence-electron chi connectivity index (χ0n) is 14.5. The van der Waals surface area contributed by atoms with Gasteiger partial charge in [-0.3, -0.25) is 14.5 Å². The Hall–Kier alpha value is -2.28. The van der Waals surface area contributed by atoms with Crippen LogP contribution in [-0.2, 0) is 9.59 Å². The first-order chi connectivity index (χ1) is 12.1. The van der Waals surface area contributed by atoms with Gasteiger partial charge in [0, 0.05) is 6.54 Å². The van der Waals surface area contributed by atoms with Crippen LogP contribution in [0, 0.1) is 6.92 Å². The molecule has 0 spiro atoms. The Morgan fingerprint density at radius 2 is 2.08 bits per heavy atom. The summed E-state index contributed by atoms with van der Waals surface area (Å²) in [6, 6.07) is 9.82. The van der Waals surface area contributed by atoms with E-state index < -0.39 is 0 Å². The second-order valence-electron chi connectivity index (χ2n) is 5.96. The lowest BCUT2D eigenvalue weighted by Crippen LogP contribution is -2.43. The molecule has 0 radical (unpaired) electrons. The molecule has 1 aromatic heterocycles. The van der Waals surface area contributed by atoms with Crippen LogP contribution in [0.1, 0.15) is 25.5 Å². The van der Waals surface area contributed by atoms with Crippen molar-refractivity contribution in [1.82, 2.24) is 15.1 Å². The van der Waals surface area contributed by atoms with Gasteiger partial charge in [0.15, 0.2) is 0 Å².